The molecule has 150 valence electrons. The average Bonchev–Trinajstić information content (AvgIpc) is 2.69. The normalized spacial score (nSPS) is 15.8. The molecule has 0 saturated carbocycles. The van der Waals surface area contributed by atoms with Crippen LogP contribution in [-0.2, 0) is 11.3 Å². The van der Waals surface area contributed by atoms with Crippen LogP contribution in [0.3, 0.4) is 0 Å². The van der Waals surface area contributed by atoms with Crippen molar-refractivity contribution in [1.29, 1.82) is 0 Å². The zero-order chi connectivity index (χ0) is 19.1. The number of halogens is 2. The molecule has 2 aromatic rings. The summed E-state index contributed by atoms with van der Waals surface area (Å²) in [5.41, 5.74) is 2.16. The van der Waals surface area contributed by atoms with E-state index in [-0.39, 0.29) is 30.4 Å². The smallest absolute Gasteiger partial charge is 0.319 e. The van der Waals surface area contributed by atoms with Gasteiger partial charge in [0.15, 0.2) is 0 Å². The van der Waals surface area contributed by atoms with Crippen LogP contribution >= 0.6 is 24.0 Å². The fraction of sp³-hybridized carbons (Fsp3) is 0.300. The lowest BCUT2D eigenvalue weighted by Crippen LogP contribution is -2.43. The van der Waals surface area contributed by atoms with Gasteiger partial charge < -0.3 is 21.3 Å². The zero-order valence-corrected chi connectivity index (χ0v) is 16.9. The molecular formula is C20H24Cl2N4O2. The van der Waals surface area contributed by atoms with Crippen LogP contribution in [0.4, 0.5) is 16.2 Å². The first-order valence-electron chi connectivity index (χ1n) is 9.04. The van der Waals surface area contributed by atoms with Gasteiger partial charge in [0.25, 0.3) is 0 Å². The van der Waals surface area contributed by atoms with E-state index >= 15 is 0 Å². The monoisotopic (exact) mass is 422 g/mol. The molecule has 6 nitrogen and oxygen atoms in total. The lowest BCUT2D eigenvalue weighted by Gasteiger charge is -2.22. The van der Waals surface area contributed by atoms with E-state index in [0.717, 1.165) is 37.1 Å². The Hall–Kier alpha value is -2.28. The van der Waals surface area contributed by atoms with E-state index in [0.29, 0.717) is 17.3 Å². The number of rotatable bonds is 5. The van der Waals surface area contributed by atoms with Gasteiger partial charge in [0, 0.05) is 12.2 Å². The van der Waals surface area contributed by atoms with Crippen molar-refractivity contribution < 1.29 is 9.59 Å². The fourth-order valence-corrected chi connectivity index (χ4v) is 3.16. The van der Waals surface area contributed by atoms with Crippen LogP contribution in [0.25, 0.3) is 0 Å². The summed E-state index contributed by atoms with van der Waals surface area (Å²) in [7, 11) is 0. The van der Waals surface area contributed by atoms with Gasteiger partial charge in [-0.1, -0.05) is 42.3 Å². The van der Waals surface area contributed by atoms with E-state index in [4.69, 9.17) is 11.6 Å². The number of carbonyl (C=O) groups is 2. The van der Waals surface area contributed by atoms with E-state index in [1.54, 1.807) is 24.3 Å². The van der Waals surface area contributed by atoms with Crippen LogP contribution < -0.4 is 21.3 Å². The lowest BCUT2D eigenvalue weighted by atomic mass is 10.0. The summed E-state index contributed by atoms with van der Waals surface area (Å²) >= 11 is 6.03. The summed E-state index contributed by atoms with van der Waals surface area (Å²) in [4.78, 5) is 24.4. The number of hydrogen-bond donors (Lipinski definition) is 4. The summed E-state index contributed by atoms with van der Waals surface area (Å²) in [6.45, 7) is 1.21. The van der Waals surface area contributed by atoms with E-state index in [9.17, 15) is 9.59 Å². The molecule has 0 aromatic heterocycles. The van der Waals surface area contributed by atoms with Gasteiger partial charge in [-0.3, -0.25) is 4.79 Å². The summed E-state index contributed by atoms with van der Waals surface area (Å²) in [5.74, 6) is -0.0173. The van der Waals surface area contributed by atoms with Crippen molar-refractivity contribution in [2.75, 3.05) is 17.2 Å². The molecule has 1 aliphatic heterocycles. The van der Waals surface area contributed by atoms with Gasteiger partial charge in [0.05, 0.1) is 16.8 Å². The van der Waals surface area contributed by atoms with E-state index in [1.165, 1.54) is 0 Å². The Morgan fingerprint density at radius 1 is 1.07 bits per heavy atom. The van der Waals surface area contributed by atoms with Crippen LogP contribution in [0.2, 0.25) is 5.02 Å². The molecule has 1 fully saturated rings. The summed E-state index contributed by atoms with van der Waals surface area (Å²) in [6, 6.07) is 14.0. The quantitative estimate of drug-likeness (QED) is 0.583. The first-order valence-corrected chi connectivity index (χ1v) is 9.42. The molecule has 0 radical (unpaired) electrons. The average molecular weight is 423 g/mol. The maximum absolute atomic E-state index is 12.3. The predicted octanol–water partition coefficient (Wildman–Crippen LogP) is 4.16. The predicted molar refractivity (Wildman–Crippen MR) is 115 cm³/mol. The SMILES string of the molecule is Cl.O=C(NCc1cccc(NC(=O)C2CCCCN2)c1)Nc1ccccc1Cl. The third-order valence-electron chi connectivity index (χ3n) is 4.40. The molecule has 1 aliphatic rings. The van der Waals surface area contributed by atoms with Gasteiger partial charge in [-0.25, -0.2) is 4.79 Å². The van der Waals surface area contributed by atoms with Crippen molar-refractivity contribution in [3.63, 3.8) is 0 Å². The van der Waals surface area contributed by atoms with Crippen LogP contribution in [0, 0.1) is 0 Å². The van der Waals surface area contributed by atoms with Crippen molar-refractivity contribution in [2.45, 2.75) is 31.8 Å². The van der Waals surface area contributed by atoms with Crippen molar-refractivity contribution in [3.05, 3.63) is 59.1 Å². The first-order chi connectivity index (χ1) is 13.1. The lowest BCUT2D eigenvalue weighted by molar-refractivity contribution is -0.118. The number of urea groups is 1. The molecular weight excluding hydrogens is 399 g/mol. The second-order valence-electron chi connectivity index (χ2n) is 6.48. The standard InChI is InChI=1S/C20H23ClN4O2.ClH/c21-16-8-1-2-9-17(16)25-20(27)23-13-14-6-5-7-15(12-14)24-19(26)18-10-3-4-11-22-18;/h1-2,5-9,12,18,22H,3-4,10-11,13H2,(H,24,26)(H2,23,25,27);1H. The van der Waals surface area contributed by atoms with E-state index in [1.807, 2.05) is 24.3 Å². The molecule has 3 rings (SSSR count). The van der Waals surface area contributed by atoms with Crippen LogP contribution in [0.1, 0.15) is 24.8 Å². The van der Waals surface area contributed by atoms with Crippen LogP contribution in [-0.4, -0.2) is 24.5 Å². The van der Waals surface area contributed by atoms with Crippen molar-refractivity contribution in [2.24, 2.45) is 0 Å². The molecule has 3 amide bonds. The second-order valence-corrected chi connectivity index (χ2v) is 6.89. The largest absolute Gasteiger partial charge is 0.334 e. The summed E-state index contributed by atoms with van der Waals surface area (Å²) < 4.78 is 0. The van der Waals surface area contributed by atoms with E-state index in [2.05, 4.69) is 21.3 Å². The third-order valence-corrected chi connectivity index (χ3v) is 4.73. The molecule has 4 N–H and O–H groups in total. The molecule has 0 spiro atoms. The Labute approximate surface area is 175 Å². The molecule has 1 saturated heterocycles. The van der Waals surface area contributed by atoms with Gasteiger partial charge in [-0.15, -0.1) is 12.4 Å². The molecule has 0 aliphatic carbocycles. The van der Waals surface area contributed by atoms with Crippen LogP contribution in [0.5, 0.6) is 0 Å². The summed E-state index contributed by atoms with van der Waals surface area (Å²) in [5, 5.41) is 12.1. The highest BCUT2D eigenvalue weighted by Gasteiger charge is 2.20. The maximum Gasteiger partial charge on any atom is 0.319 e. The van der Waals surface area contributed by atoms with Crippen molar-refractivity contribution in [1.82, 2.24) is 10.6 Å². The number of hydrogen-bond acceptors (Lipinski definition) is 3. The van der Waals surface area contributed by atoms with Gasteiger partial charge in [-0.05, 0) is 49.2 Å². The van der Waals surface area contributed by atoms with Crippen LogP contribution in [0.15, 0.2) is 48.5 Å². The highest BCUT2D eigenvalue weighted by molar-refractivity contribution is 6.33. The summed E-state index contributed by atoms with van der Waals surface area (Å²) in [6.07, 6.45) is 3.03. The van der Waals surface area contributed by atoms with Crippen molar-refractivity contribution >= 4 is 47.3 Å². The number of benzene rings is 2. The molecule has 1 atom stereocenters. The molecule has 2 aromatic carbocycles. The molecule has 8 heteroatoms. The van der Waals surface area contributed by atoms with Gasteiger partial charge in [-0.2, -0.15) is 0 Å². The van der Waals surface area contributed by atoms with Gasteiger partial charge in [0.2, 0.25) is 5.91 Å². The minimum Gasteiger partial charge on any atom is -0.334 e. The number of anilines is 2. The van der Waals surface area contributed by atoms with E-state index < -0.39 is 0 Å². The molecule has 1 heterocycles. The Morgan fingerprint density at radius 3 is 2.64 bits per heavy atom. The minimum absolute atomic E-state index is 0. The molecule has 28 heavy (non-hydrogen) atoms. The number of carbonyl (C=O) groups excluding carboxylic acids is 2. The number of piperidine rings is 1. The maximum atomic E-state index is 12.3. The number of para-hydroxylation sites is 1. The Morgan fingerprint density at radius 2 is 1.89 bits per heavy atom. The molecule has 1 unspecified atom stereocenters. The second kappa shape index (κ2) is 10.9. The number of nitrogens with one attached hydrogen (secondary N) is 4. The Kier molecular flexibility index (Phi) is 8.57. The third kappa shape index (κ3) is 6.41. The zero-order valence-electron chi connectivity index (χ0n) is 15.3. The highest BCUT2D eigenvalue weighted by atomic mass is 35.5. The minimum atomic E-state index is -0.344. The fourth-order valence-electron chi connectivity index (χ4n) is 2.98. The number of amides is 3. The first kappa shape index (κ1) is 22.0. The Bertz CT molecular complexity index is 810. The highest BCUT2D eigenvalue weighted by Crippen LogP contribution is 2.20. The van der Waals surface area contributed by atoms with Crippen molar-refractivity contribution in [3.8, 4) is 0 Å². The Balaban J connectivity index is 0.00000280. The molecule has 0 bridgehead atoms. The topological polar surface area (TPSA) is 82.3 Å². The van der Waals surface area contributed by atoms with Gasteiger partial charge in [0.1, 0.15) is 0 Å². The van der Waals surface area contributed by atoms with Gasteiger partial charge >= 0.3 is 6.03 Å².